The Bertz CT molecular complexity index is 950. The molecule has 9 nitrogen and oxygen atoms in total. The number of aryl methyl sites for hydroxylation is 2. The Morgan fingerprint density at radius 1 is 0.962 bits per heavy atom. The number of nitrogens with zero attached hydrogens (tertiary/aromatic N) is 1. The lowest BCUT2D eigenvalue weighted by atomic mass is 10.0. The fraction of sp³-hybridized carbons (Fsp3) is 0.118. The minimum absolute atomic E-state index is 0.117. The molecule has 0 unspecified atom stereocenters. The molecule has 0 aromatic heterocycles. The number of amides is 1. The van der Waals surface area contributed by atoms with Gasteiger partial charge >= 0.3 is 0 Å². The molecule has 0 bridgehead atoms. The van der Waals surface area contributed by atoms with Crippen molar-refractivity contribution in [2.75, 3.05) is 5.32 Å². The lowest BCUT2D eigenvalue weighted by Gasteiger charge is -2.14. The number of anilines is 1. The minimum atomic E-state index is -1.70. The monoisotopic (exact) mass is 356 g/mol. The molecule has 0 aliphatic carbocycles. The van der Waals surface area contributed by atoms with E-state index in [4.69, 9.17) is 0 Å². The summed E-state index contributed by atoms with van der Waals surface area (Å²) in [5, 5.41) is 35.6. The standard InChI is InChI=1S/C17H14N2O7/c1-8-5-9(2)14(13(6-8)19(25)26)18-15(20)12-7-10(16(21)22)3-4-11(12)17(23)24/h3-7H,1-2H3,(H,18,20)(H,21,22)(H,23,24)/p-2. The average molecular weight is 356 g/mol. The smallest absolute Gasteiger partial charge is 0.293 e. The van der Waals surface area contributed by atoms with Gasteiger partial charge in [0.05, 0.1) is 16.9 Å². The molecule has 0 saturated heterocycles. The number of aromatic carboxylic acids is 2. The molecule has 134 valence electrons. The zero-order valence-electron chi connectivity index (χ0n) is 13.7. The van der Waals surface area contributed by atoms with Gasteiger partial charge in [0.1, 0.15) is 5.69 Å². The van der Waals surface area contributed by atoms with Crippen molar-refractivity contribution in [1.29, 1.82) is 0 Å². The summed E-state index contributed by atoms with van der Waals surface area (Å²) < 4.78 is 0. The Morgan fingerprint density at radius 3 is 2.15 bits per heavy atom. The van der Waals surface area contributed by atoms with Gasteiger partial charge in [0, 0.05) is 17.2 Å². The fourth-order valence-electron chi connectivity index (χ4n) is 2.47. The van der Waals surface area contributed by atoms with Gasteiger partial charge in [-0.1, -0.05) is 18.2 Å². The number of nitro benzene ring substituents is 1. The van der Waals surface area contributed by atoms with Crippen LogP contribution in [0, 0.1) is 24.0 Å². The van der Waals surface area contributed by atoms with Crippen molar-refractivity contribution in [2.24, 2.45) is 0 Å². The molecule has 0 spiro atoms. The molecule has 0 aliphatic rings. The Labute approximate surface area is 147 Å². The number of hydrogen-bond acceptors (Lipinski definition) is 7. The molecular weight excluding hydrogens is 344 g/mol. The first kappa shape index (κ1) is 18.6. The van der Waals surface area contributed by atoms with E-state index in [0.29, 0.717) is 11.1 Å². The lowest BCUT2D eigenvalue weighted by Crippen LogP contribution is -2.28. The van der Waals surface area contributed by atoms with Crippen LogP contribution in [0.2, 0.25) is 0 Å². The maximum Gasteiger partial charge on any atom is 0.293 e. The van der Waals surface area contributed by atoms with Gasteiger partial charge in [0.25, 0.3) is 11.6 Å². The van der Waals surface area contributed by atoms with Gasteiger partial charge in [-0.15, -0.1) is 0 Å². The normalized spacial score (nSPS) is 10.2. The van der Waals surface area contributed by atoms with Gasteiger partial charge in [0.15, 0.2) is 0 Å². The highest BCUT2D eigenvalue weighted by Crippen LogP contribution is 2.30. The summed E-state index contributed by atoms with van der Waals surface area (Å²) in [7, 11) is 0. The molecular formula is C17H12N2O7-2. The molecule has 0 radical (unpaired) electrons. The third kappa shape index (κ3) is 3.66. The zero-order chi connectivity index (χ0) is 19.6. The number of nitro groups is 1. The van der Waals surface area contributed by atoms with Crippen LogP contribution in [-0.2, 0) is 0 Å². The van der Waals surface area contributed by atoms with Gasteiger partial charge in [-0.3, -0.25) is 14.9 Å². The van der Waals surface area contributed by atoms with E-state index in [1.54, 1.807) is 13.0 Å². The second-order valence-electron chi connectivity index (χ2n) is 5.52. The largest absolute Gasteiger partial charge is 0.545 e. The molecule has 1 N–H and O–H groups in total. The SMILES string of the molecule is Cc1cc(C)c(NC(=O)c2cc(C(=O)[O-])ccc2C(=O)[O-])c([N+](=O)[O-])c1. The van der Waals surface area contributed by atoms with Crippen LogP contribution in [0.5, 0.6) is 0 Å². The molecule has 0 fully saturated rings. The lowest BCUT2D eigenvalue weighted by molar-refractivity contribution is -0.384. The second-order valence-corrected chi connectivity index (χ2v) is 5.52. The maximum absolute atomic E-state index is 12.5. The summed E-state index contributed by atoms with van der Waals surface area (Å²) in [6, 6.07) is 5.51. The Morgan fingerprint density at radius 2 is 1.62 bits per heavy atom. The number of hydrogen-bond donors (Lipinski definition) is 1. The topological polar surface area (TPSA) is 153 Å². The fourth-order valence-corrected chi connectivity index (χ4v) is 2.47. The third-order valence-electron chi connectivity index (χ3n) is 3.61. The number of nitrogens with one attached hydrogen (secondary N) is 1. The number of rotatable bonds is 5. The van der Waals surface area contributed by atoms with Crippen LogP contribution >= 0.6 is 0 Å². The summed E-state index contributed by atoms with van der Waals surface area (Å²) >= 11 is 0. The van der Waals surface area contributed by atoms with E-state index < -0.39 is 39.5 Å². The summed E-state index contributed by atoms with van der Waals surface area (Å²) in [6.45, 7) is 3.18. The van der Waals surface area contributed by atoms with Gasteiger partial charge < -0.3 is 25.1 Å². The van der Waals surface area contributed by atoms with E-state index in [1.165, 1.54) is 13.0 Å². The van der Waals surface area contributed by atoms with Crippen LogP contribution in [-0.4, -0.2) is 22.8 Å². The molecule has 0 atom stereocenters. The van der Waals surface area contributed by atoms with Crippen molar-refractivity contribution in [3.63, 3.8) is 0 Å². The van der Waals surface area contributed by atoms with E-state index in [0.717, 1.165) is 18.2 Å². The summed E-state index contributed by atoms with van der Waals surface area (Å²) in [6.07, 6.45) is 0. The quantitative estimate of drug-likeness (QED) is 0.592. The summed E-state index contributed by atoms with van der Waals surface area (Å²) in [5.74, 6) is -4.33. The number of carboxylic acid groups (broad SMARTS) is 2. The Kier molecular flexibility index (Phi) is 5.01. The van der Waals surface area contributed by atoms with Crippen molar-refractivity contribution in [3.05, 3.63) is 68.3 Å². The van der Waals surface area contributed by atoms with E-state index in [2.05, 4.69) is 5.32 Å². The van der Waals surface area contributed by atoms with Crippen molar-refractivity contribution >= 4 is 29.2 Å². The first-order chi connectivity index (χ1) is 12.1. The van der Waals surface area contributed by atoms with Crippen LogP contribution < -0.4 is 15.5 Å². The van der Waals surface area contributed by atoms with Gasteiger partial charge in [0.2, 0.25) is 0 Å². The van der Waals surface area contributed by atoms with Crippen LogP contribution in [0.15, 0.2) is 30.3 Å². The van der Waals surface area contributed by atoms with Gasteiger partial charge in [-0.05, 0) is 36.6 Å². The first-order valence-corrected chi connectivity index (χ1v) is 7.25. The highest BCUT2D eigenvalue weighted by molar-refractivity contribution is 6.12. The molecule has 0 heterocycles. The number of carbonyl (C=O) groups excluding carboxylic acids is 3. The molecule has 0 aliphatic heterocycles. The molecule has 1 amide bonds. The average Bonchev–Trinajstić information content (AvgIpc) is 2.55. The number of carboxylic acids is 2. The van der Waals surface area contributed by atoms with Crippen LogP contribution in [0.25, 0.3) is 0 Å². The van der Waals surface area contributed by atoms with Crippen LogP contribution in [0.1, 0.15) is 42.2 Å². The molecule has 26 heavy (non-hydrogen) atoms. The first-order valence-electron chi connectivity index (χ1n) is 7.25. The molecule has 2 rings (SSSR count). The Balaban J connectivity index is 2.55. The molecule has 0 saturated carbocycles. The minimum Gasteiger partial charge on any atom is -0.545 e. The van der Waals surface area contributed by atoms with Gasteiger partial charge in [-0.2, -0.15) is 0 Å². The zero-order valence-corrected chi connectivity index (χ0v) is 13.7. The highest BCUT2D eigenvalue weighted by atomic mass is 16.6. The predicted molar refractivity (Wildman–Crippen MR) is 85.6 cm³/mol. The van der Waals surface area contributed by atoms with Crippen molar-refractivity contribution in [1.82, 2.24) is 0 Å². The number of benzene rings is 2. The van der Waals surface area contributed by atoms with Crippen LogP contribution in [0.4, 0.5) is 11.4 Å². The van der Waals surface area contributed by atoms with Gasteiger partial charge in [-0.25, -0.2) is 0 Å². The highest BCUT2D eigenvalue weighted by Gasteiger charge is 2.21. The van der Waals surface area contributed by atoms with E-state index >= 15 is 0 Å². The number of carbonyl (C=O) groups is 3. The van der Waals surface area contributed by atoms with E-state index in [-0.39, 0.29) is 11.4 Å². The van der Waals surface area contributed by atoms with Crippen molar-refractivity contribution < 1.29 is 29.5 Å². The third-order valence-corrected chi connectivity index (χ3v) is 3.61. The van der Waals surface area contributed by atoms with Crippen LogP contribution in [0.3, 0.4) is 0 Å². The van der Waals surface area contributed by atoms with E-state index in [9.17, 15) is 34.7 Å². The molecule has 2 aromatic rings. The molecule has 2 aromatic carbocycles. The van der Waals surface area contributed by atoms with E-state index in [1.807, 2.05) is 0 Å². The molecule has 9 heteroatoms. The summed E-state index contributed by atoms with van der Waals surface area (Å²) in [5.41, 5.74) is -0.996. The van der Waals surface area contributed by atoms with Crippen molar-refractivity contribution in [3.8, 4) is 0 Å². The maximum atomic E-state index is 12.5. The predicted octanol–water partition coefficient (Wildman–Crippen LogP) is 0.191. The van der Waals surface area contributed by atoms with Crippen molar-refractivity contribution in [2.45, 2.75) is 13.8 Å². The summed E-state index contributed by atoms with van der Waals surface area (Å²) in [4.78, 5) is 45.2. The Hall–Kier alpha value is -3.75. The second kappa shape index (κ2) is 7.01.